The van der Waals surface area contributed by atoms with Gasteiger partial charge in [0.1, 0.15) is 5.75 Å². The van der Waals surface area contributed by atoms with Crippen LogP contribution in [0, 0.1) is 0 Å². The van der Waals surface area contributed by atoms with Crippen LogP contribution in [-0.2, 0) is 14.9 Å². The minimum Gasteiger partial charge on any atom is -0.462 e. The SMILES string of the molecule is CCOC(=O)c1cccc(-c2ccc(-c3ccc(-c4cccc(-c5ccc(OS(=O)(=O)C(F)(F)F)cc5)c4)cc3)cc2)c1. The van der Waals surface area contributed by atoms with Gasteiger partial charge in [-0.1, -0.05) is 91.0 Å². The van der Waals surface area contributed by atoms with E-state index in [0.717, 1.165) is 38.9 Å². The largest absolute Gasteiger partial charge is 0.534 e. The molecule has 5 rings (SSSR count). The van der Waals surface area contributed by atoms with Crippen LogP contribution in [0.1, 0.15) is 17.3 Å². The number of esters is 1. The first-order valence-electron chi connectivity index (χ1n) is 13.2. The molecule has 0 amide bonds. The topological polar surface area (TPSA) is 69.7 Å². The summed E-state index contributed by atoms with van der Waals surface area (Å²) in [5, 5.41) is 0. The minimum absolute atomic E-state index is 0.318. The highest BCUT2D eigenvalue weighted by molar-refractivity contribution is 7.88. The van der Waals surface area contributed by atoms with Crippen LogP contribution in [0.25, 0.3) is 44.5 Å². The molecule has 43 heavy (non-hydrogen) atoms. The first-order chi connectivity index (χ1) is 20.5. The number of carbonyl (C=O) groups excluding carboxylic acids is 1. The fraction of sp³-hybridized carbons (Fsp3) is 0.0882. The maximum absolute atomic E-state index is 12.6. The molecule has 0 atom stereocenters. The molecule has 5 nitrogen and oxygen atoms in total. The summed E-state index contributed by atoms with van der Waals surface area (Å²) in [6.07, 6.45) is 0. The van der Waals surface area contributed by atoms with E-state index in [-0.39, 0.29) is 5.97 Å². The van der Waals surface area contributed by atoms with Crippen LogP contribution >= 0.6 is 0 Å². The van der Waals surface area contributed by atoms with Crippen molar-refractivity contribution in [2.45, 2.75) is 12.4 Å². The second-order valence-electron chi connectivity index (χ2n) is 9.54. The van der Waals surface area contributed by atoms with Gasteiger partial charge in [0, 0.05) is 0 Å². The van der Waals surface area contributed by atoms with Crippen LogP contribution in [0.15, 0.2) is 121 Å². The van der Waals surface area contributed by atoms with Crippen molar-refractivity contribution in [2.75, 3.05) is 6.61 Å². The Labute approximate surface area is 247 Å². The molecule has 0 radical (unpaired) electrons. The number of halogens is 3. The molecular formula is C34H25F3O5S. The van der Waals surface area contributed by atoms with E-state index in [1.807, 2.05) is 91.0 Å². The second kappa shape index (κ2) is 12.1. The lowest BCUT2D eigenvalue weighted by atomic mass is 9.96. The second-order valence-corrected chi connectivity index (χ2v) is 11.1. The van der Waals surface area contributed by atoms with Gasteiger partial charge in [-0.05, 0) is 81.8 Å². The van der Waals surface area contributed by atoms with Crippen LogP contribution < -0.4 is 4.18 Å². The molecule has 0 saturated carbocycles. The summed E-state index contributed by atoms with van der Waals surface area (Å²) in [6.45, 7) is 2.09. The Kier molecular flexibility index (Phi) is 8.36. The summed E-state index contributed by atoms with van der Waals surface area (Å²) in [4.78, 5) is 12.1. The summed E-state index contributed by atoms with van der Waals surface area (Å²) < 4.78 is 69.6. The summed E-state index contributed by atoms with van der Waals surface area (Å²) >= 11 is 0. The Balaban J connectivity index is 1.30. The molecule has 0 aromatic heterocycles. The third-order valence-electron chi connectivity index (χ3n) is 6.68. The lowest BCUT2D eigenvalue weighted by Gasteiger charge is -2.11. The molecule has 0 aliphatic rings. The van der Waals surface area contributed by atoms with E-state index in [1.165, 1.54) is 24.3 Å². The van der Waals surface area contributed by atoms with E-state index in [0.29, 0.717) is 17.7 Å². The van der Waals surface area contributed by atoms with Gasteiger partial charge < -0.3 is 8.92 Å². The van der Waals surface area contributed by atoms with Crippen LogP contribution in [0.4, 0.5) is 13.2 Å². The van der Waals surface area contributed by atoms with Gasteiger partial charge in [-0.3, -0.25) is 0 Å². The lowest BCUT2D eigenvalue weighted by molar-refractivity contribution is -0.0500. The lowest BCUT2D eigenvalue weighted by Crippen LogP contribution is -2.28. The maximum atomic E-state index is 12.6. The Morgan fingerprint density at radius 2 is 1.00 bits per heavy atom. The fourth-order valence-electron chi connectivity index (χ4n) is 4.51. The summed E-state index contributed by atoms with van der Waals surface area (Å²) in [7, 11) is -5.73. The monoisotopic (exact) mass is 602 g/mol. The Bertz CT molecular complexity index is 1850. The van der Waals surface area contributed by atoms with E-state index >= 15 is 0 Å². The first kappa shape index (κ1) is 29.6. The van der Waals surface area contributed by atoms with Gasteiger partial charge in [-0.25, -0.2) is 4.79 Å². The van der Waals surface area contributed by atoms with Crippen LogP contribution in [0.5, 0.6) is 5.75 Å². The highest BCUT2D eigenvalue weighted by Gasteiger charge is 2.48. The predicted octanol–water partition coefficient (Wildman–Crippen LogP) is 8.76. The molecule has 0 unspecified atom stereocenters. The molecule has 218 valence electrons. The zero-order chi connectivity index (χ0) is 30.6. The van der Waals surface area contributed by atoms with Gasteiger partial charge in [0.2, 0.25) is 0 Å². The number of ether oxygens (including phenoxy) is 1. The Morgan fingerprint density at radius 1 is 0.605 bits per heavy atom. The highest BCUT2D eigenvalue weighted by atomic mass is 32.2. The standard InChI is InChI=1S/C34H25F3O5S/c1-2-41-33(38)31-8-4-7-30(22-31)26-15-11-24(12-16-26)23-9-13-25(14-10-23)28-5-3-6-29(21-28)27-17-19-32(20-18-27)42-43(39,40)34(35,36)37/h3-22H,2H2,1H3. The third-order valence-corrected chi connectivity index (χ3v) is 7.66. The third kappa shape index (κ3) is 6.79. The van der Waals surface area contributed by atoms with E-state index in [2.05, 4.69) is 4.18 Å². The van der Waals surface area contributed by atoms with Crippen LogP contribution in [0.2, 0.25) is 0 Å². The van der Waals surface area contributed by atoms with Crippen molar-refractivity contribution in [1.29, 1.82) is 0 Å². The molecule has 5 aromatic carbocycles. The van der Waals surface area contributed by atoms with Crippen molar-refractivity contribution in [3.05, 3.63) is 127 Å². The van der Waals surface area contributed by atoms with Gasteiger partial charge in [-0.15, -0.1) is 0 Å². The Morgan fingerprint density at radius 3 is 1.44 bits per heavy atom. The van der Waals surface area contributed by atoms with Crippen molar-refractivity contribution < 1.29 is 35.3 Å². The van der Waals surface area contributed by atoms with Crippen molar-refractivity contribution in [3.8, 4) is 50.3 Å². The van der Waals surface area contributed by atoms with Gasteiger partial charge in [0.05, 0.1) is 12.2 Å². The average molecular weight is 603 g/mol. The quantitative estimate of drug-likeness (QED) is 0.101. The molecule has 5 aromatic rings. The van der Waals surface area contributed by atoms with E-state index in [4.69, 9.17) is 4.74 Å². The highest BCUT2D eigenvalue weighted by Crippen LogP contribution is 2.32. The smallest absolute Gasteiger partial charge is 0.462 e. The predicted molar refractivity (Wildman–Crippen MR) is 160 cm³/mol. The molecule has 0 N–H and O–H groups in total. The molecule has 0 spiro atoms. The Hall–Kier alpha value is -4.89. The van der Waals surface area contributed by atoms with Crippen molar-refractivity contribution >= 4 is 16.1 Å². The van der Waals surface area contributed by atoms with E-state index in [1.54, 1.807) is 13.0 Å². The van der Waals surface area contributed by atoms with Crippen molar-refractivity contribution in [2.24, 2.45) is 0 Å². The number of benzene rings is 5. The van der Waals surface area contributed by atoms with E-state index in [9.17, 15) is 26.4 Å². The van der Waals surface area contributed by atoms with Gasteiger partial charge >= 0.3 is 21.6 Å². The number of carbonyl (C=O) groups is 1. The molecule has 0 saturated heterocycles. The summed E-state index contributed by atoms with van der Waals surface area (Å²) in [5.41, 5.74) is 2.33. The molecule has 0 bridgehead atoms. The molecule has 0 aliphatic carbocycles. The number of hydrogen-bond donors (Lipinski definition) is 0. The molecule has 9 heteroatoms. The van der Waals surface area contributed by atoms with Crippen molar-refractivity contribution in [1.82, 2.24) is 0 Å². The normalized spacial score (nSPS) is 11.6. The zero-order valence-electron chi connectivity index (χ0n) is 22.8. The van der Waals surface area contributed by atoms with E-state index < -0.39 is 21.4 Å². The number of alkyl halides is 3. The summed E-state index contributed by atoms with van der Waals surface area (Å²) in [5.74, 6) is -0.775. The molecule has 0 fully saturated rings. The summed E-state index contributed by atoms with van der Waals surface area (Å²) in [6, 6.07) is 36.4. The van der Waals surface area contributed by atoms with Crippen LogP contribution in [-0.4, -0.2) is 26.5 Å². The van der Waals surface area contributed by atoms with Crippen LogP contribution in [0.3, 0.4) is 0 Å². The van der Waals surface area contributed by atoms with Gasteiger partial charge in [0.15, 0.2) is 0 Å². The van der Waals surface area contributed by atoms with Gasteiger partial charge in [-0.2, -0.15) is 21.6 Å². The van der Waals surface area contributed by atoms with Crippen molar-refractivity contribution in [3.63, 3.8) is 0 Å². The molecular weight excluding hydrogens is 577 g/mol. The number of rotatable bonds is 8. The molecule has 0 heterocycles. The zero-order valence-corrected chi connectivity index (χ0v) is 23.7. The fourth-order valence-corrected chi connectivity index (χ4v) is 4.96. The maximum Gasteiger partial charge on any atom is 0.534 e. The minimum atomic E-state index is -5.73. The first-order valence-corrected chi connectivity index (χ1v) is 14.6. The molecule has 0 aliphatic heterocycles. The average Bonchev–Trinajstić information content (AvgIpc) is 3.01. The number of hydrogen-bond acceptors (Lipinski definition) is 5. The van der Waals surface area contributed by atoms with Gasteiger partial charge in [0.25, 0.3) is 0 Å².